The number of furan rings is 1. The van der Waals surface area contributed by atoms with Crippen LogP contribution in [0.4, 0.5) is 5.69 Å². The summed E-state index contributed by atoms with van der Waals surface area (Å²) in [6.45, 7) is 2.07. The maximum absolute atomic E-state index is 12.6. The second-order valence-corrected chi connectivity index (χ2v) is 8.73. The van der Waals surface area contributed by atoms with E-state index in [0.29, 0.717) is 37.5 Å². The number of nitrogens with one attached hydrogen (secondary N) is 1. The number of carbonyl (C=O) groups is 2. The van der Waals surface area contributed by atoms with Gasteiger partial charge in [0.2, 0.25) is 0 Å². The van der Waals surface area contributed by atoms with E-state index in [-0.39, 0.29) is 12.4 Å². The van der Waals surface area contributed by atoms with Crippen molar-refractivity contribution >= 4 is 62.2 Å². The zero-order chi connectivity index (χ0) is 22.8. The topological polar surface area (TPSA) is 77.8 Å². The molecule has 2 aromatic heterocycles. The Morgan fingerprint density at radius 2 is 1.91 bits per heavy atom. The molecule has 0 fully saturated rings. The van der Waals surface area contributed by atoms with Crippen LogP contribution in [0.15, 0.2) is 52.9 Å². The standard InChI is InChI=1S/C23H17Cl2NO5S/c1-12-9-13(24)3-7-17(12)30-11-15-5-8-18(31-15)22(27)26-14-4-6-16-19(10-14)32-21(20(16)25)23(28)29-2/h3-10H,11H2,1-2H3,(H,26,27). The molecule has 0 aliphatic rings. The number of anilines is 1. The third-order valence-electron chi connectivity index (χ3n) is 4.65. The first kappa shape index (κ1) is 22.2. The Morgan fingerprint density at radius 1 is 1.09 bits per heavy atom. The lowest BCUT2D eigenvalue weighted by molar-refractivity contribution is 0.0606. The molecule has 4 aromatic rings. The average Bonchev–Trinajstić information content (AvgIpc) is 3.37. The highest BCUT2D eigenvalue weighted by Gasteiger charge is 2.18. The third-order valence-corrected chi connectivity index (χ3v) is 6.52. The van der Waals surface area contributed by atoms with Crippen LogP contribution in [-0.4, -0.2) is 19.0 Å². The summed E-state index contributed by atoms with van der Waals surface area (Å²) < 4.78 is 16.9. The average molecular weight is 490 g/mol. The number of fused-ring (bicyclic) bond motifs is 1. The van der Waals surface area contributed by atoms with Gasteiger partial charge in [0.25, 0.3) is 5.91 Å². The summed E-state index contributed by atoms with van der Waals surface area (Å²) in [5, 5.41) is 4.47. The monoisotopic (exact) mass is 489 g/mol. The molecule has 2 aromatic carbocycles. The van der Waals surface area contributed by atoms with E-state index in [0.717, 1.165) is 10.3 Å². The van der Waals surface area contributed by atoms with Gasteiger partial charge in [-0.15, -0.1) is 11.3 Å². The summed E-state index contributed by atoms with van der Waals surface area (Å²) in [5.74, 6) is 0.435. The van der Waals surface area contributed by atoms with Gasteiger partial charge in [-0.1, -0.05) is 23.2 Å². The maximum Gasteiger partial charge on any atom is 0.349 e. The number of rotatable bonds is 6. The number of hydrogen-bond donors (Lipinski definition) is 1. The lowest BCUT2D eigenvalue weighted by Gasteiger charge is -2.07. The van der Waals surface area contributed by atoms with Crippen LogP contribution in [-0.2, 0) is 11.3 Å². The van der Waals surface area contributed by atoms with E-state index in [9.17, 15) is 9.59 Å². The maximum atomic E-state index is 12.6. The number of aryl methyl sites for hydroxylation is 1. The highest BCUT2D eigenvalue weighted by atomic mass is 35.5. The molecule has 0 unspecified atom stereocenters. The quantitative estimate of drug-likeness (QED) is 0.304. The van der Waals surface area contributed by atoms with E-state index in [1.807, 2.05) is 13.0 Å². The Balaban J connectivity index is 1.44. The zero-order valence-corrected chi connectivity index (χ0v) is 19.4. The van der Waals surface area contributed by atoms with E-state index in [1.165, 1.54) is 18.4 Å². The number of esters is 1. The van der Waals surface area contributed by atoms with Crippen molar-refractivity contribution in [2.45, 2.75) is 13.5 Å². The molecule has 0 aliphatic carbocycles. The predicted molar refractivity (Wildman–Crippen MR) is 125 cm³/mol. The molecule has 6 nitrogen and oxygen atoms in total. The molecule has 0 bridgehead atoms. The van der Waals surface area contributed by atoms with Gasteiger partial charge in [0.05, 0.1) is 12.1 Å². The fraction of sp³-hybridized carbons (Fsp3) is 0.130. The minimum atomic E-state index is -0.499. The summed E-state index contributed by atoms with van der Waals surface area (Å²) in [6.07, 6.45) is 0. The van der Waals surface area contributed by atoms with E-state index >= 15 is 0 Å². The predicted octanol–water partition coefficient (Wildman–Crippen LogP) is 6.73. The van der Waals surface area contributed by atoms with Gasteiger partial charge in [0, 0.05) is 20.8 Å². The molecule has 0 saturated carbocycles. The molecule has 2 heterocycles. The Hall–Kier alpha value is -3.00. The fourth-order valence-corrected chi connectivity index (χ4v) is 4.75. The summed E-state index contributed by atoms with van der Waals surface area (Å²) in [7, 11) is 1.30. The van der Waals surface area contributed by atoms with Crippen LogP contribution in [0, 0.1) is 6.92 Å². The number of hydrogen-bond acceptors (Lipinski definition) is 6. The van der Waals surface area contributed by atoms with Crippen LogP contribution in [0.2, 0.25) is 10.0 Å². The van der Waals surface area contributed by atoms with Crippen molar-refractivity contribution in [2.75, 3.05) is 12.4 Å². The van der Waals surface area contributed by atoms with E-state index in [4.69, 9.17) is 37.1 Å². The van der Waals surface area contributed by atoms with Crippen molar-refractivity contribution in [1.82, 2.24) is 0 Å². The Bertz CT molecular complexity index is 1330. The number of methoxy groups -OCH3 is 1. The minimum Gasteiger partial charge on any atom is -0.485 e. The molecular weight excluding hydrogens is 473 g/mol. The summed E-state index contributed by atoms with van der Waals surface area (Å²) in [6, 6.07) is 13.8. The first-order valence-corrected chi connectivity index (χ1v) is 11.0. The van der Waals surface area contributed by atoms with Crippen LogP contribution in [0.5, 0.6) is 5.75 Å². The van der Waals surface area contributed by atoms with Crippen molar-refractivity contribution in [2.24, 2.45) is 0 Å². The first-order chi connectivity index (χ1) is 15.4. The van der Waals surface area contributed by atoms with Gasteiger partial charge in [0.15, 0.2) is 5.76 Å². The van der Waals surface area contributed by atoms with Crippen LogP contribution in [0.1, 0.15) is 31.6 Å². The summed E-state index contributed by atoms with van der Waals surface area (Å²) >= 11 is 13.4. The number of thiophene rings is 1. The van der Waals surface area contributed by atoms with Gasteiger partial charge in [-0.3, -0.25) is 4.79 Å². The molecule has 1 amide bonds. The molecule has 0 radical (unpaired) electrons. The van der Waals surface area contributed by atoms with Gasteiger partial charge in [-0.25, -0.2) is 4.79 Å². The van der Waals surface area contributed by atoms with Crippen molar-refractivity contribution in [3.63, 3.8) is 0 Å². The van der Waals surface area contributed by atoms with Crippen LogP contribution >= 0.6 is 34.5 Å². The van der Waals surface area contributed by atoms with Crippen molar-refractivity contribution in [3.8, 4) is 5.75 Å². The van der Waals surface area contributed by atoms with Gasteiger partial charge >= 0.3 is 5.97 Å². The normalized spacial score (nSPS) is 10.9. The zero-order valence-electron chi connectivity index (χ0n) is 17.0. The Kier molecular flexibility index (Phi) is 6.41. The number of ether oxygens (including phenoxy) is 2. The van der Waals surface area contributed by atoms with Crippen LogP contribution < -0.4 is 10.1 Å². The molecule has 164 valence electrons. The third kappa shape index (κ3) is 4.60. The molecule has 0 spiro atoms. The van der Waals surface area contributed by atoms with Crippen molar-refractivity contribution in [1.29, 1.82) is 0 Å². The summed E-state index contributed by atoms with van der Waals surface area (Å²) in [4.78, 5) is 24.8. The van der Waals surface area contributed by atoms with E-state index in [2.05, 4.69) is 5.32 Å². The fourth-order valence-electron chi connectivity index (χ4n) is 3.06. The van der Waals surface area contributed by atoms with Crippen molar-refractivity contribution in [3.05, 3.63) is 80.5 Å². The van der Waals surface area contributed by atoms with Gasteiger partial charge in [-0.2, -0.15) is 0 Å². The largest absolute Gasteiger partial charge is 0.485 e. The lowest BCUT2D eigenvalue weighted by atomic mass is 10.2. The second-order valence-electron chi connectivity index (χ2n) is 6.87. The lowest BCUT2D eigenvalue weighted by Crippen LogP contribution is -2.10. The SMILES string of the molecule is COC(=O)c1sc2cc(NC(=O)c3ccc(COc4ccc(Cl)cc4C)o3)ccc2c1Cl. The highest BCUT2D eigenvalue weighted by molar-refractivity contribution is 7.21. The molecule has 9 heteroatoms. The molecule has 1 N–H and O–H groups in total. The molecule has 0 aliphatic heterocycles. The molecule has 0 saturated heterocycles. The number of amides is 1. The Labute approximate surface area is 197 Å². The van der Waals surface area contributed by atoms with Gasteiger partial charge in [0.1, 0.15) is 23.0 Å². The summed E-state index contributed by atoms with van der Waals surface area (Å²) in [5.41, 5.74) is 1.45. The number of benzene rings is 2. The molecule has 32 heavy (non-hydrogen) atoms. The molecular formula is C23H17Cl2NO5S. The van der Waals surface area contributed by atoms with Crippen molar-refractivity contribution < 1.29 is 23.5 Å². The Morgan fingerprint density at radius 3 is 2.66 bits per heavy atom. The van der Waals surface area contributed by atoms with Gasteiger partial charge in [-0.05, 0) is 61.0 Å². The second kappa shape index (κ2) is 9.24. The van der Waals surface area contributed by atoms with Crippen LogP contribution in [0.25, 0.3) is 10.1 Å². The first-order valence-electron chi connectivity index (χ1n) is 9.45. The number of carbonyl (C=O) groups excluding carboxylic acids is 2. The van der Waals surface area contributed by atoms with E-state index < -0.39 is 11.9 Å². The highest BCUT2D eigenvalue weighted by Crippen LogP contribution is 2.37. The smallest absolute Gasteiger partial charge is 0.349 e. The van der Waals surface area contributed by atoms with E-state index in [1.54, 1.807) is 42.5 Å². The van der Waals surface area contributed by atoms with Gasteiger partial charge < -0.3 is 19.2 Å². The molecule has 0 atom stereocenters. The minimum absolute atomic E-state index is 0.149. The molecule has 4 rings (SSSR count). The number of halogens is 2. The van der Waals surface area contributed by atoms with Crippen LogP contribution in [0.3, 0.4) is 0 Å².